The predicted octanol–water partition coefficient (Wildman–Crippen LogP) is 1.60. The van der Waals surface area contributed by atoms with E-state index in [1.54, 1.807) is 13.0 Å². The summed E-state index contributed by atoms with van der Waals surface area (Å²) in [6.07, 6.45) is 1.35. The van der Waals surface area contributed by atoms with Crippen LogP contribution < -0.4 is 21.1 Å². The number of hydrogen-bond acceptors (Lipinski definition) is 6. The molecule has 0 saturated heterocycles. The van der Waals surface area contributed by atoms with Gasteiger partial charge in [0.25, 0.3) is 0 Å². The molecule has 0 aliphatic heterocycles. The lowest BCUT2D eigenvalue weighted by Gasteiger charge is -2.11. The lowest BCUT2D eigenvalue weighted by Crippen LogP contribution is -2.32. The Labute approximate surface area is 122 Å². The van der Waals surface area contributed by atoms with E-state index in [-0.39, 0.29) is 0 Å². The van der Waals surface area contributed by atoms with E-state index in [0.29, 0.717) is 17.4 Å². The number of hydrogen-bond donors (Lipinski definition) is 3. The quantitative estimate of drug-likeness (QED) is 0.745. The van der Waals surface area contributed by atoms with Crippen LogP contribution in [-0.4, -0.2) is 29.0 Å². The zero-order valence-electron chi connectivity index (χ0n) is 11.8. The van der Waals surface area contributed by atoms with Crippen molar-refractivity contribution in [3.8, 4) is 11.6 Å². The Morgan fingerprint density at radius 1 is 1.29 bits per heavy atom. The molecule has 0 aliphatic carbocycles. The highest BCUT2D eigenvalue weighted by Gasteiger charge is 2.09. The van der Waals surface area contributed by atoms with Gasteiger partial charge in [-0.25, -0.2) is 9.97 Å². The van der Waals surface area contributed by atoms with E-state index in [1.165, 1.54) is 6.33 Å². The average molecular weight is 287 g/mol. The van der Waals surface area contributed by atoms with Crippen LogP contribution in [0.4, 0.5) is 11.5 Å². The van der Waals surface area contributed by atoms with Crippen molar-refractivity contribution in [2.45, 2.75) is 13.0 Å². The molecule has 2 rings (SSSR count). The Hall–Kier alpha value is -2.83. The minimum atomic E-state index is -0.525. The van der Waals surface area contributed by atoms with Gasteiger partial charge in [-0.05, 0) is 31.2 Å². The number of carbonyl (C=O) groups is 1. The lowest BCUT2D eigenvalue weighted by atomic mass is 10.3. The zero-order valence-corrected chi connectivity index (χ0v) is 11.8. The molecule has 1 amide bonds. The Morgan fingerprint density at radius 2 is 2.00 bits per heavy atom. The summed E-state index contributed by atoms with van der Waals surface area (Å²) < 4.78 is 5.63. The molecule has 2 aromatic rings. The number of primary amides is 1. The number of ether oxygens (including phenoxy) is 1. The van der Waals surface area contributed by atoms with Crippen LogP contribution in [0, 0.1) is 0 Å². The van der Waals surface area contributed by atoms with Crippen molar-refractivity contribution in [3.05, 3.63) is 36.7 Å². The van der Waals surface area contributed by atoms with Gasteiger partial charge in [-0.1, -0.05) is 0 Å². The van der Waals surface area contributed by atoms with Gasteiger partial charge in [-0.2, -0.15) is 0 Å². The predicted molar refractivity (Wildman–Crippen MR) is 80.4 cm³/mol. The largest absolute Gasteiger partial charge is 0.439 e. The van der Waals surface area contributed by atoms with Crippen molar-refractivity contribution in [2.75, 3.05) is 17.7 Å². The molecule has 0 bridgehead atoms. The van der Waals surface area contributed by atoms with Gasteiger partial charge in [0.15, 0.2) is 0 Å². The summed E-state index contributed by atoms with van der Waals surface area (Å²) in [7, 11) is 1.85. The molecule has 7 heteroatoms. The maximum Gasteiger partial charge on any atom is 0.239 e. The number of nitrogens with two attached hydrogens (primary N) is 1. The number of amides is 1. The maximum atomic E-state index is 11.0. The van der Waals surface area contributed by atoms with Crippen molar-refractivity contribution in [1.82, 2.24) is 9.97 Å². The van der Waals surface area contributed by atoms with Crippen molar-refractivity contribution in [3.63, 3.8) is 0 Å². The van der Waals surface area contributed by atoms with Crippen LogP contribution in [0.2, 0.25) is 0 Å². The minimum absolute atomic E-state index is 0.376. The molecule has 0 spiro atoms. The summed E-state index contributed by atoms with van der Waals surface area (Å²) in [5.41, 5.74) is 6.18. The first-order valence-electron chi connectivity index (χ1n) is 6.42. The molecule has 0 aliphatic rings. The molecule has 0 fully saturated rings. The Bertz CT molecular complexity index is 615. The van der Waals surface area contributed by atoms with Gasteiger partial charge < -0.3 is 21.1 Å². The third-order valence-electron chi connectivity index (χ3n) is 2.80. The normalized spacial score (nSPS) is 11.5. The molecule has 7 nitrogen and oxygen atoms in total. The van der Waals surface area contributed by atoms with Crippen LogP contribution in [0.5, 0.6) is 11.6 Å². The fraction of sp³-hybridized carbons (Fsp3) is 0.214. The average Bonchev–Trinajstić information content (AvgIpc) is 2.48. The van der Waals surface area contributed by atoms with Gasteiger partial charge in [0.2, 0.25) is 11.8 Å². The van der Waals surface area contributed by atoms with Crippen LogP contribution in [0.25, 0.3) is 0 Å². The van der Waals surface area contributed by atoms with Gasteiger partial charge in [0, 0.05) is 18.8 Å². The van der Waals surface area contributed by atoms with Crippen LogP contribution >= 0.6 is 0 Å². The molecular weight excluding hydrogens is 270 g/mol. The molecule has 1 aromatic heterocycles. The second-order valence-electron chi connectivity index (χ2n) is 4.39. The molecule has 1 heterocycles. The monoisotopic (exact) mass is 287 g/mol. The Morgan fingerprint density at radius 3 is 2.62 bits per heavy atom. The summed E-state index contributed by atoms with van der Waals surface area (Å²) in [6, 6.07) is 8.52. The molecule has 21 heavy (non-hydrogen) atoms. The molecule has 1 aromatic carbocycles. The topological polar surface area (TPSA) is 102 Å². The van der Waals surface area contributed by atoms with Gasteiger partial charge in [0.05, 0.1) is 0 Å². The van der Waals surface area contributed by atoms with Gasteiger partial charge in [0.1, 0.15) is 23.9 Å². The van der Waals surface area contributed by atoms with E-state index < -0.39 is 11.9 Å². The zero-order chi connectivity index (χ0) is 15.2. The maximum absolute atomic E-state index is 11.0. The highest BCUT2D eigenvalue weighted by atomic mass is 16.5. The van der Waals surface area contributed by atoms with Crippen LogP contribution in [0.1, 0.15) is 6.92 Å². The second kappa shape index (κ2) is 6.56. The van der Waals surface area contributed by atoms with E-state index in [4.69, 9.17) is 10.5 Å². The minimum Gasteiger partial charge on any atom is -0.439 e. The second-order valence-corrected chi connectivity index (χ2v) is 4.39. The lowest BCUT2D eigenvalue weighted by molar-refractivity contribution is -0.118. The fourth-order valence-corrected chi connectivity index (χ4v) is 1.58. The third kappa shape index (κ3) is 4.07. The van der Waals surface area contributed by atoms with E-state index in [0.717, 1.165) is 5.69 Å². The Balaban J connectivity index is 2.08. The van der Waals surface area contributed by atoms with Crippen LogP contribution in [0.3, 0.4) is 0 Å². The smallest absolute Gasteiger partial charge is 0.239 e. The number of anilines is 2. The fourth-order valence-electron chi connectivity index (χ4n) is 1.58. The summed E-state index contributed by atoms with van der Waals surface area (Å²) in [6.45, 7) is 1.65. The first-order chi connectivity index (χ1) is 10.1. The van der Waals surface area contributed by atoms with Crippen molar-refractivity contribution < 1.29 is 9.53 Å². The molecule has 4 N–H and O–H groups in total. The highest BCUT2D eigenvalue weighted by Crippen LogP contribution is 2.22. The molecule has 0 saturated carbocycles. The highest BCUT2D eigenvalue weighted by molar-refractivity contribution is 5.82. The van der Waals surface area contributed by atoms with Crippen molar-refractivity contribution >= 4 is 17.4 Å². The Kier molecular flexibility index (Phi) is 4.55. The molecular formula is C14H17N5O2. The molecule has 0 radical (unpaired) electrons. The number of aromatic nitrogens is 2. The first kappa shape index (κ1) is 14.6. The van der Waals surface area contributed by atoms with Crippen LogP contribution in [0.15, 0.2) is 36.7 Å². The number of carbonyl (C=O) groups excluding carboxylic acids is 1. The summed E-state index contributed by atoms with van der Waals surface area (Å²) in [5, 5.41) is 5.89. The number of rotatable bonds is 6. The van der Waals surface area contributed by atoms with E-state index in [9.17, 15) is 4.79 Å². The van der Waals surface area contributed by atoms with Gasteiger partial charge >= 0.3 is 0 Å². The van der Waals surface area contributed by atoms with Gasteiger partial charge in [-0.3, -0.25) is 4.79 Å². The van der Waals surface area contributed by atoms with Crippen molar-refractivity contribution in [1.29, 1.82) is 0 Å². The van der Waals surface area contributed by atoms with Crippen LogP contribution in [-0.2, 0) is 4.79 Å². The molecule has 0 unspecified atom stereocenters. The van der Waals surface area contributed by atoms with Crippen molar-refractivity contribution in [2.24, 2.45) is 5.73 Å². The molecule has 1 atom stereocenters. The number of nitrogens with zero attached hydrogens (tertiary/aromatic N) is 2. The van der Waals surface area contributed by atoms with E-state index in [2.05, 4.69) is 20.6 Å². The SMILES string of the molecule is CNc1ccc(Oc2cc(N[C@@H](C)C(N)=O)ncn2)cc1. The molecule has 110 valence electrons. The first-order valence-corrected chi connectivity index (χ1v) is 6.42. The van der Waals surface area contributed by atoms with E-state index in [1.807, 2.05) is 31.3 Å². The summed E-state index contributed by atoms with van der Waals surface area (Å²) >= 11 is 0. The third-order valence-corrected chi connectivity index (χ3v) is 2.80. The summed E-state index contributed by atoms with van der Waals surface area (Å²) in [4.78, 5) is 19.1. The number of nitrogens with one attached hydrogen (secondary N) is 2. The van der Waals surface area contributed by atoms with E-state index >= 15 is 0 Å². The summed E-state index contributed by atoms with van der Waals surface area (Å²) in [5.74, 6) is 1.04. The number of benzene rings is 1. The standard InChI is InChI=1S/C14H17N5O2/c1-9(14(15)20)19-12-7-13(18-8-17-12)21-11-5-3-10(16-2)4-6-11/h3-9,16H,1-2H3,(H2,15,20)(H,17,18,19)/t9-/m0/s1. The van der Waals surface area contributed by atoms with Gasteiger partial charge in [-0.15, -0.1) is 0 Å².